The normalized spacial score (nSPS) is 19.3. The fraction of sp³-hybridized carbons (Fsp3) is 0.333. The SMILES string of the molecule is CN1C=CN(Cc2ccccc2)C1OS(=O)(=O)C(F)(F)F. The molecule has 0 aliphatic carbocycles. The van der Waals surface area contributed by atoms with Crippen LogP contribution in [0.3, 0.4) is 0 Å². The molecule has 1 aliphatic heterocycles. The number of rotatable bonds is 4. The molecule has 1 aromatic carbocycles. The van der Waals surface area contributed by atoms with E-state index in [2.05, 4.69) is 4.18 Å². The van der Waals surface area contributed by atoms with Gasteiger partial charge in [0.15, 0.2) is 0 Å². The van der Waals surface area contributed by atoms with E-state index >= 15 is 0 Å². The fourth-order valence-corrected chi connectivity index (χ4v) is 2.37. The van der Waals surface area contributed by atoms with Gasteiger partial charge < -0.3 is 9.80 Å². The Morgan fingerprint density at radius 1 is 1.19 bits per heavy atom. The van der Waals surface area contributed by atoms with Gasteiger partial charge in [0.1, 0.15) is 0 Å². The van der Waals surface area contributed by atoms with E-state index in [-0.39, 0.29) is 6.54 Å². The highest BCUT2D eigenvalue weighted by atomic mass is 32.2. The molecule has 0 fully saturated rings. The predicted octanol–water partition coefficient (Wildman–Crippen LogP) is 2.06. The molecule has 0 amide bonds. The lowest BCUT2D eigenvalue weighted by Gasteiger charge is -2.29. The summed E-state index contributed by atoms with van der Waals surface area (Å²) in [5.74, 6) is 0. The summed E-state index contributed by atoms with van der Waals surface area (Å²) in [5.41, 5.74) is -4.63. The van der Waals surface area contributed by atoms with Gasteiger partial charge in [-0.1, -0.05) is 30.3 Å². The van der Waals surface area contributed by atoms with Crippen LogP contribution in [-0.2, 0) is 20.8 Å². The molecule has 0 spiro atoms. The van der Waals surface area contributed by atoms with Crippen LogP contribution in [0.4, 0.5) is 13.2 Å². The zero-order valence-electron chi connectivity index (χ0n) is 11.0. The molecule has 0 radical (unpaired) electrons. The van der Waals surface area contributed by atoms with E-state index in [1.807, 2.05) is 0 Å². The lowest BCUT2D eigenvalue weighted by Crippen LogP contribution is -2.43. The van der Waals surface area contributed by atoms with E-state index in [9.17, 15) is 21.6 Å². The molecule has 1 unspecified atom stereocenters. The van der Waals surface area contributed by atoms with Crippen molar-refractivity contribution in [2.75, 3.05) is 7.05 Å². The average Bonchev–Trinajstić information content (AvgIpc) is 2.71. The minimum Gasteiger partial charge on any atom is -0.336 e. The lowest BCUT2D eigenvalue weighted by molar-refractivity contribution is -0.0779. The molecule has 2 rings (SSSR count). The third kappa shape index (κ3) is 3.48. The van der Waals surface area contributed by atoms with Crippen LogP contribution in [0.2, 0.25) is 0 Å². The molecule has 1 aliphatic rings. The minimum absolute atomic E-state index is 0.222. The largest absolute Gasteiger partial charge is 0.523 e. The van der Waals surface area contributed by atoms with Crippen molar-refractivity contribution in [2.24, 2.45) is 0 Å². The second kappa shape index (κ2) is 5.57. The first kappa shape index (κ1) is 15.6. The summed E-state index contributed by atoms with van der Waals surface area (Å²) < 4.78 is 63.7. The molecule has 116 valence electrons. The van der Waals surface area contributed by atoms with Crippen molar-refractivity contribution in [1.82, 2.24) is 9.80 Å². The molecule has 0 saturated heterocycles. The smallest absolute Gasteiger partial charge is 0.336 e. The van der Waals surface area contributed by atoms with E-state index < -0.39 is 22.0 Å². The number of nitrogens with zero attached hydrogens (tertiary/aromatic N) is 2. The number of hydrogen-bond acceptors (Lipinski definition) is 5. The van der Waals surface area contributed by atoms with Gasteiger partial charge in [-0.3, -0.25) is 0 Å². The third-order valence-electron chi connectivity index (χ3n) is 2.83. The highest BCUT2D eigenvalue weighted by Gasteiger charge is 2.50. The molecule has 1 atom stereocenters. The molecule has 1 heterocycles. The van der Waals surface area contributed by atoms with Crippen molar-refractivity contribution >= 4 is 10.1 Å². The van der Waals surface area contributed by atoms with Crippen LogP contribution in [0.5, 0.6) is 0 Å². The molecule has 1 aromatic rings. The number of halogens is 3. The second-order valence-electron chi connectivity index (χ2n) is 4.44. The van der Waals surface area contributed by atoms with Crippen molar-refractivity contribution in [3.63, 3.8) is 0 Å². The highest BCUT2D eigenvalue weighted by molar-refractivity contribution is 7.87. The summed E-state index contributed by atoms with van der Waals surface area (Å²) in [7, 11) is -4.23. The van der Waals surface area contributed by atoms with Gasteiger partial charge in [0, 0.05) is 26.0 Å². The molecule has 0 aromatic heterocycles. The van der Waals surface area contributed by atoms with Crippen LogP contribution < -0.4 is 0 Å². The summed E-state index contributed by atoms with van der Waals surface area (Å²) in [4.78, 5) is 2.60. The van der Waals surface area contributed by atoms with E-state index in [1.54, 1.807) is 30.3 Å². The summed E-state index contributed by atoms with van der Waals surface area (Å²) in [5, 5.41) is 0. The van der Waals surface area contributed by atoms with Crippen LogP contribution >= 0.6 is 0 Å². The Kier molecular flexibility index (Phi) is 4.15. The van der Waals surface area contributed by atoms with Crippen molar-refractivity contribution in [3.05, 3.63) is 48.3 Å². The molecule has 0 bridgehead atoms. The van der Waals surface area contributed by atoms with Gasteiger partial charge in [-0.15, -0.1) is 0 Å². The standard InChI is InChI=1S/C12H13F3N2O3S/c1-16-7-8-17(9-10-5-3-2-4-6-10)11(16)20-21(18,19)12(13,14)15/h2-8,11H,9H2,1H3. The molecule has 9 heteroatoms. The quantitative estimate of drug-likeness (QED) is 0.627. The summed E-state index contributed by atoms with van der Waals surface area (Å²) in [6, 6.07) is 8.92. The second-order valence-corrected chi connectivity index (χ2v) is 6.01. The van der Waals surface area contributed by atoms with Gasteiger partial charge in [-0.05, 0) is 5.56 Å². The molecular weight excluding hydrogens is 309 g/mol. The van der Waals surface area contributed by atoms with Crippen LogP contribution in [-0.4, -0.2) is 37.1 Å². The Bertz CT molecular complexity index is 616. The maximum absolute atomic E-state index is 12.4. The van der Waals surface area contributed by atoms with Crippen LogP contribution in [0, 0.1) is 0 Å². The first-order valence-corrected chi connectivity index (χ1v) is 7.31. The van der Waals surface area contributed by atoms with Crippen molar-refractivity contribution in [1.29, 1.82) is 0 Å². The fourth-order valence-electron chi connectivity index (χ4n) is 1.79. The third-order valence-corrected chi connectivity index (χ3v) is 3.82. The maximum Gasteiger partial charge on any atom is 0.523 e. The minimum atomic E-state index is -5.66. The van der Waals surface area contributed by atoms with Gasteiger partial charge >= 0.3 is 15.6 Å². The Hall–Kier alpha value is -1.74. The van der Waals surface area contributed by atoms with E-state index in [0.717, 1.165) is 5.56 Å². The monoisotopic (exact) mass is 322 g/mol. The van der Waals surface area contributed by atoms with Crippen molar-refractivity contribution < 1.29 is 25.8 Å². The zero-order valence-corrected chi connectivity index (χ0v) is 11.8. The first-order chi connectivity index (χ1) is 9.71. The summed E-state index contributed by atoms with van der Waals surface area (Å²) >= 11 is 0. The molecule has 5 nitrogen and oxygen atoms in total. The Morgan fingerprint density at radius 2 is 1.81 bits per heavy atom. The van der Waals surface area contributed by atoms with Crippen LogP contribution in [0.1, 0.15) is 5.56 Å². The highest BCUT2D eigenvalue weighted by Crippen LogP contribution is 2.29. The van der Waals surface area contributed by atoms with E-state index in [0.29, 0.717) is 0 Å². The Balaban J connectivity index is 2.14. The van der Waals surface area contributed by atoms with Gasteiger partial charge in [0.2, 0.25) is 6.35 Å². The first-order valence-electron chi connectivity index (χ1n) is 5.90. The Labute approximate surface area is 120 Å². The predicted molar refractivity (Wildman–Crippen MR) is 68.7 cm³/mol. The van der Waals surface area contributed by atoms with Gasteiger partial charge in [0.25, 0.3) is 0 Å². The maximum atomic E-state index is 12.4. The van der Waals surface area contributed by atoms with Crippen LogP contribution in [0.25, 0.3) is 0 Å². The van der Waals surface area contributed by atoms with E-state index in [1.165, 1.54) is 29.2 Å². The van der Waals surface area contributed by atoms with E-state index in [4.69, 9.17) is 0 Å². The topological polar surface area (TPSA) is 49.9 Å². The van der Waals surface area contributed by atoms with Gasteiger partial charge in [-0.25, -0.2) is 4.18 Å². The number of hydrogen-bond donors (Lipinski definition) is 0. The Morgan fingerprint density at radius 3 is 2.38 bits per heavy atom. The van der Waals surface area contributed by atoms with Crippen molar-refractivity contribution in [2.45, 2.75) is 18.4 Å². The zero-order chi connectivity index (χ0) is 15.7. The van der Waals surface area contributed by atoms with Gasteiger partial charge in [-0.2, -0.15) is 21.6 Å². The van der Waals surface area contributed by atoms with Crippen LogP contribution in [0.15, 0.2) is 42.7 Å². The number of alkyl halides is 3. The molecule has 0 saturated carbocycles. The lowest BCUT2D eigenvalue weighted by atomic mass is 10.2. The molecule has 0 N–H and O–H groups in total. The van der Waals surface area contributed by atoms with Crippen molar-refractivity contribution in [3.8, 4) is 0 Å². The van der Waals surface area contributed by atoms with Gasteiger partial charge in [0.05, 0.1) is 0 Å². The summed E-state index contributed by atoms with van der Waals surface area (Å²) in [6.07, 6.45) is 1.56. The molecular formula is C12H13F3N2O3S. The average molecular weight is 322 g/mol. The summed E-state index contributed by atoms with van der Waals surface area (Å²) in [6.45, 7) is 0.222. The molecule has 21 heavy (non-hydrogen) atoms. The number of benzene rings is 1.